The highest BCUT2D eigenvalue weighted by atomic mass is 16.5. The van der Waals surface area contributed by atoms with Gasteiger partial charge in [0, 0.05) is 47.6 Å². The monoisotopic (exact) mass is 276 g/mol. The van der Waals surface area contributed by atoms with Gasteiger partial charge in [0.05, 0.1) is 18.8 Å². The van der Waals surface area contributed by atoms with Gasteiger partial charge < -0.3 is 19.9 Å². The topological polar surface area (TPSA) is 57.0 Å². The maximum Gasteiger partial charge on any atom is 0.0661 e. The van der Waals surface area contributed by atoms with E-state index in [4.69, 9.17) is 19.9 Å². The molecule has 0 saturated heterocycles. The van der Waals surface area contributed by atoms with Crippen LogP contribution in [0.4, 0.5) is 0 Å². The SMILES string of the molecule is COCCCN(CCOC)C(CN)(COC)C(C)C. The van der Waals surface area contributed by atoms with Crippen molar-refractivity contribution >= 4 is 0 Å². The fourth-order valence-electron chi connectivity index (χ4n) is 2.46. The fourth-order valence-corrected chi connectivity index (χ4v) is 2.46. The Kier molecular flexibility index (Phi) is 10.5. The third-order valence-corrected chi connectivity index (χ3v) is 3.79. The summed E-state index contributed by atoms with van der Waals surface area (Å²) in [5.41, 5.74) is 5.94. The van der Waals surface area contributed by atoms with E-state index in [2.05, 4.69) is 18.7 Å². The van der Waals surface area contributed by atoms with E-state index in [-0.39, 0.29) is 5.54 Å². The predicted molar refractivity (Wildman–Crippen MR) is 78.4 cm³/mol. The van der Waals surface area contributed by atoms with Crippen LogP contribution in [0.5, 0.6) is 0 Å². The van der Waals surface area contributed by atoms with Gasteiger partial charge in [-0.2, -0.15) is 0 Å². The lowest BCUT2D eigenvalue weighted by molar-refractivity contribution is -0.0297. The summed E-state index contributed by atoms with van der Waals surface area (Å²) >= 11 is 0. The molecule has 0 spiro atoms. The van der Waals surface area contributed by atoms with Crippen molar-refractivity contribution in [2.24, 2.45) is 11.7 Å². The van der Waals surface area contributed by atoms with Crippen molar-refractivity contribution in [3.05, 3.63) is 0 Å². The Balaban J connectivity index is 4.87. The van der Waals surface area contributed by atoms with Crippen molar-refractivity contribution < 1.29 is 14.2 Å². The summed E-state index contributed by atoms with van der Waals surface area (Å²) in [4.78, 5) is 2.39. The van der Waals surface area contributed by atoms with Crippen molar-refractivity contribution in [2.75, 3.05) is 60.8 Å². The van der Waals surface area contributed by atoms with Crippen LogP contribution >= 0.6 is 0 Å². The summed E-state index contributed by atoms with van der Waals surface area (Å²) < 4.78 is 15.8. The van der Waals surface area contributed by atoms with Gasteiger partial charge in [0.1, 0.15) is 0 Å². The third-order valence-electron chi connectivity index (χ3n) is 3.79. The van der Waals surface area contributed by atoms with Crippen LogP contribution in [0.25, 0.3) is 0 Å². The van der Waals surface area contributed by atoms with Crippen LogP contribution in [0.15, 0.2) is 0 Å². The number of nitrogens with two attached hydrogens (primary N) is 1. The Morgan fingerprint density at radius 2 is 1.63 bits per heavy atom. The van der Waals surface area contributed by atoms with Gasteiger partial charge in [0.2, 0.25) is 0 Å². The molecular formula is C14H32N2O3. The first-order valence-corrected chi connectivity index (χ1v) is 7.01. The zero-order chi connectivity index (χ0) is 14.7. The van der Waals surface area contributed by atoms with Crippen LogP contribution in [0.1, 0.15) is 20.3 Å². The standard InChI is InChI=1S/C14H32N2O3/c1-13(2)14(11-15,12-19-5)16(8-10-18-4)7-6-9-17-3/h13H,6-12,15H2,1-5H3. The highest BCUT2D eigenvalue weighted by Gasteiger charge is 2.38. The van der Waals surface area contributed by atoms with Crippen LogP contribution in [0.3, 0.4) is 0 Å². The Hall–Kier alpha value is -0.200. The summed E-state index contributed by atoms with van der Waals surface area (Å²) in [6.45, 7) is 8.87. The average molecular weight is 276 g/mol. The smallest absolute Gasteiger partial charge is 0.0661 e. The number of hydrogen-bond donors (Lipinski definition) is 1. The molecule has 19 heavy (non-hydrogen) atoms. The van der Waals surface area contributed by atoms with Crippen LogP contribution < -0.4 is 5.73 Å². The molecule has 0 fully saturated rings. The van der Waals surface area contributed by atoms with Crippen LogP contribution in [-0.2, 0) is 14.2 Å². The molecule has 0 rings (SSSR count). The molecule has 5 heteroatoms. The number of ether oxygens (including phenoxy) is 3. The molecule has 116 valence electrons. The molecule has 0 aromatic rings. The van der Waals surface area contributed by atoms with Gasteiger partial charge in [-0.15, -0.1) is 0 Å². The van der Waals surface area contributed by atoms with Crippen molar-refractivity contribution in [3.63, 3.8) is 0 Å². The minimum atomic E-state index is -0.138. The number of nitrogens with zero attached hydrogens (tertiary/aromatic N) is 1. The lowest BCUT2D eigenvalue weighted by Crippen LogP contribution is -2.61. The van der Waals surface area contributed by atoms with Crippen LogP contribution in [0.2, 0.25) is 0 Å². The van der Waals surface area contributed by atoms with Crippen molar-refractivity contribution in [2.45, 2.75) is 25.8 Å². The zero-order valence-corrected chi connectivity index (χ0v) is 13.3. The molecule has 0 bridgehead atoms. The summed E-state index contributed by atoms with van der Waals surface area (Å²) in [6, 6.07) is 0. The molecule has 0 aliphatic carbocycles. The molecule has 0 saturated carbocycles. The molecule has 0 heterocycles. The first kappa shape index (κ1) is 18.8. The molecule has 0 aromatic heterocycles. The second-order valence-corrected chi connectivity index (χ2v) is 5.22. The largest absolute Gasteiger partial charge is 0.385 e. The highest BCUT2D eigenvalue weighted by Crippen LogP contribution is 2.25. The predicted octanol–water partition coefficient (Wildman–Crippen LogP) is 0.971. The second kappa shape index (κ2) is 10.6. The molecule has 0 aromatic carbocycles. The van der Waals surface area contributed by atoms with E-state index in [1.807, 2.05) is 0 Å². The molecular weight excluding hydrogens is 244 g/mol. The van der Waals surface area contributed by atoms with Gasteiger partial charge in [0.25, 0.3) is 0 Å². The van der Waals surface area contributed by atoms with E-state index in [1.165, 1.54) is 0 Å². The number of rotatable bonds is 12. The van der Waals surface area contributed by atoms with E-state index in [9.17, 15) is 0 Å². The highest BCUT2D eigenvalue weighted by molar-refractivity contribution is 4.94. The van der Waals surface area contributed by atoms with Crippen LogP contribution in [-0.4, -0.2) is 71.2 Å². The molecule has 0 amide bonds. The van der Waals surface area contributed by atoms with E-state index >= 15 is 0 Å². The molecule has 0 aliphatic rings. The molecule has 5 nitrogen and oxygen atoms in total. The van der Waals surface area contributed by atoms with Crippen molar-refractivity contribution in [1.29, 1.82) is 0 Å². The van der Waals surface area contributed by atoms with Gasteiger partial charge in [-0.1, -0.05) is 13.8 Å². The third kappa shape index (κ3) is 5.75. The average Bonchev–Trinajstić information content (AvgIpc) is 2.40. The van der Waals surface area contributed by atoms with Crippen molar-refractivity contribution in [3.8, 4) is 0 Å². The maximum atomic E-state index is 6.08. The van der Waals surface area contributed by atoms with E-state index < -0.39 is 0 Å². The fraction of sp³-hybridized carbons (Fsp3) is 1.00. The zero-order valence-electron chi connectivity index (χ0n) is 13.3. The maximum absolute atomic E-state index is 6.08. The Morgan fingerprint density at radius 1 is 1.00 bits per heavy atom. The Morgan fingerprint density at radius 3 is 2.05 bits per heavy atom. The summed E-state index contributed by atoms with van der Waals surface area (Å²) in [5, 5.41) is 0. The van der Waals surface area contributed by atoms with Crippen LogP contribution in [0, 0.1) is 5.92 Å². The lowest BCUT2D eigenvalue weighted by atomic mass is 9.85. The first-order valence-electron chi connectivity index (χ1n) is 7.01. The lowest BCUT2D eigenvalue weighted by Gasteiger charge is -2.46. The Labute approximate surface area is 118 Å². The minimum Gasteiger partial charge on any atom is -0.385 e. The molecule has 1 atom stereocenters. The molecule has 0 aliphatic heterocycles. The van der Waals surface area contributed by atoms with E-state index in [0.717, 1.165) is 26.1 Å². The van der Waals surface area contributed by atoms with Crippen molar-refractivity contribution in [1.82, 2.24) is 4.90 Å². The van der Waals surface area contributed by atoms with Gasteiger partial charge in [0.15, 0.2) is 0 Å². The molecule has 2 N–H and O–H groups in total. The minimum absolute atomic E-state index is 0.138. The van der Waals surface area contributed by atoms with Gasteiger partial charge in [-0.05, 0) is 12.3 Å². The van der Waals surface area contributed by atoms with Gasteiger partial charge in [-0.3, -0.25) is 4.90 Å². The first-order chi connectivity index (χ1) is 9.08. The van der Waals surface area contributed by atoms with Gasteiger partial charge >= 0.3 is 0 Å². The van der Waals surface area contributed by atoms with E-state index in [1.54, 1.807) is 21.3 Å². The summed E-state index contributed by atoms with van der Waals surface area (Å²) in [6.07, 6.45) is 0.985. The summed E-state index contributed by atoms with van der Waals surface area (Å²) in [5.74, 6) is 0.414. The second-order valence-electron chi connectivity index (χ2n) is 5.22. The van der Waals surface area contributed by atoms with Gasteiger partial charge in [-0.25, -0.2) is 0 Å². The molecule has 1 unspecified atom stereocenters. The molecule has 0 radical (unpaired) electrons. The summed E-state index contributed by atoms with van der Waals surface area (Å²) in [7, 11) is 5.19. The number of hydrogen-bond acceptors (Lipinski definition) is 5. The van der Waals surface area contributed by atoms with E-state index in [0.29, 0.717) is 25.7 Å². The number of methoxy groups -OCH3 is 3. The normalized spacial score (nSPS) is 15.2. The Bertz CT molecular complexity index is 215. The quantitative estimate of drug-likeness (QED) is 0.538.